The minimum Gasteiger partial charge on any atom is -0.456 e. The number of rotatable bonds is 9. The molecule has 1 aliphatic rings. The molecule has 2 nitrogen and oxygen atoms in total. The number of hydrogen-bond donors (Lipinski definition) is 0. The first kappa shape index (κ1) is 38.7. The normalized spacial score (nSPS) is 14.2. The minimum atomic E-state index is 0.778. The van der Waals surface area contributed by atoms with Gasteiger partial charge in [-0.1, -0.05) is 158 Å². The topological polar surface area (TPSA) is 12.2 Å². The van der Waals surface area contributed by atoms with E-state index < -0.39 is 0 Å². The Hall–Kier alpha value is -7.55. The third kappa shape index (κ3) is 9.11. The summed E-state index contributed by atoms with van der Waals surface area (Å²) in [5, 5.41) is 0. The van der Waals surface area contributed by atoms with E-state index in [2.05, 4.69) is 201 Å². The summed E-state index contributed by atoms with van der Waals surface area (Å²) in [5.41, 5.74) is 14.4. The second kappa shape index (κ2) is 18.9. The molecule has 0 saturated carbocycles. The van der Waals surface area contributed by atoms with Gasteiger partial charge in [0.1, 0.15) is 11.5 Å². The monoisotopic (exact) mass is 748 g/mol. The molecule has 58 heavy (non-hydrogen) atoms. The summed E-state index contributed by atoms with van der Waals surface area (Å²) >= 11 is 0. The highest BCUT2D eigenvalue weighted by molar-refractivity contribution is 5.92. The molecule has 0 aromatic heterocycles. The molecule has 0 unspecified atom stereocenters. The van der Waals surface area contributed by atoms with E-state index in [0.717, 1.165) is 56.3 Å². The molecular weight excluding hydrogens is 703 g/mol. The van der Waals surface area contributed by atoms with Crippen molar-refractivity contribution in [2.75, 3.05) is 0 Å². The van der Waals surface area contributed by atoms with Crippen LogP contribution in [0.25, 0.3) is 50.3 Å². The first-order valence-corrected chi connectivity index (χ1v) is 19.5. The molecule has 0 amide bonds. The predicted octanol–water partition coefficient (Wildman–Crippen LogP) is 15.1. The Bertz CT molecular complexity index is 2620. The zero-order valence-corrected chi connectivity index (χ0v) is 32.8. The lowest BCUT2D eigenvalue weighted by Gasteiger charge is -2.16. The van der Waals surface area contributed by atoms with E-state index in [1.165, 1.54) is 27.8 Å². The van der Waals surface area contributed by atoms with Gasteiger partial charge in [-0.05, 0) is 93.4 Å². The van der Waals surface area contributed by atoms with Gasteiger partial charge in [0.05, 0.1) is 0 Å². The van der Waals surface area contributed by atoms with Crippen LogP contribution in [0.15, 0.2) is 238 Å². The third-order valence-corrected chi connectivity index (χ3v) is 9.97. The van der Waals surface area contributed by atoms with Crippen LogP contribution in [-0.4, -0.2) is 6.21 Å². The van der Waals surface area contributed by atoms with Crippen LogP contribution in [0.4, 0.5) is 11.4 Å². The Labute approximate surface area is 343 Å². The number of hydrogen-bond acceptors (Lipinski definition) is 1. The summed E-state index contributed by atoms with van der Waals surface area (Å²) in [5.74, 6) is 1.57. The highest BCUT2D eigenvalue weighted by Crippen LogP contribution is 2.33. The summed E-state index contributed by atoms with van der Waals surface area (Å²) in [6.45, 7) is 12.3. The number of ether oxygens (including phenoxy) is 1. The van der Waals surface area contributed by atoms with Crippen LogP contribution in [0.1, 0.15) is 23.6 Å². The van der Waals surface area contributed by atoms with Crippen LogP contribution in [0.2, 0.25) is 0 Å². The molecule has 1 aliphatic heterocycles. The SMILES string of the molecule is C=C.C=C1/C=C\C=C(\c2ccc([N+](=C/C=C(\C=C/C)c3ccc(-c4ccccc4)cc3)c3ccc(-c4ccc(-c5ccccc5)cc4)cc3)cc2)Oc2ccccc21. The number of allylic oxidation sites excluding steroid dienone is 8. The lowest BCUT2D eigenvalue weighted by atomic mass is 10.00. The molecule has 0 spiro atoms. The summed E-state index contributed by atoms with van der Waals surface area (Å²) in [6.07, 6.45) is 14.6. The van der Waals surface area contributed by atoms with Gasteiger partial charge in [0.15, 0.2) is 6.21 Å². The van der Waals surface area contributed by atoms with Crippen molar-refractivity contribution in [1.29, 1.82) is 0 Å². The second-order valence-electron chi connectivity index (χ2n) is 13.6. The smallest absolute Gasteiger partial charge is 0.211 e. The van der Waals surface area contributed by atoms with E-state index in [-0.39, 0.29) is 0 Å². The average molecular weight is 749 g/mol. The van der Waals surface area contributed by atoms with Crippen LogP contribution < -0.4 is 9.31 Å². The van der Waals surface area contributed by atoms with E-state index in [4.69, 9.17) is 4.74 Å². The van der Waals surface area contributed by atoms with Crippen molar-refractivity contribution in [3.05, 3.63) is 255 Å². The summed E-state index contributed by atoms with van der Waals surface area (Å²) in [4.78, 5) is 0. The van der Waals surface area contributed by atoms with Crippen molar-refractivity contribution < 1.29 is 4.74 Å². The van der Waals surface area contributed by atoms with Crippen molar-refractivity contribution in [2.24, 2.45) is 0 Å². The lowest BCUT2D eigenvalue weighted by Crippen LogP contribution is -2.05. The first-order chi connectivity index (χ1) is 28.6. The van der Waals surface area contributed by atoms with Gasteiger partial charge in [-0.15, -0.1) is 13.2 Å². The van der Waals surface area contributed by atoms with Gasteiger partial charge < -0.3 is 4.74 Å². The standard InChI is InChI=1S/C54H42NO.C2H4/c1-3-13-41(44-22-24-45(25-23-44)42-15-6-4-7-16-42)38-39-55(50-34-30-48(31-35-50)47-28-26-46(27-29-47)43-17-8-5-9-18-43)51-36-32-49(33-37-51)53-21-12-14-40(2)52-19-10-11-20-54(52)56-53;1-2/h3-39H,2H2,1H3;1-2H2/q+1;/b13-3-,14-12-,41-38+,53-21-,55-39?;. The van der Waals surface area contributed by atoms with Gasteiger partial charge in [-0.3, -0.25) is 0 Å². The number of nitrogens with zero attached hydrogens (tertiary/aromatic N) is 1. The number of fused-ring (bicyclic) bond motifs is 1. The summed E-state index contributed by atoms with van der Waals surface area (Å²) in [6, 6.07) is 63.9. The molecule has 1 heterocycles. The molecule has 280 valence electrons. The first-order valence-electron chi connectivity index (χ1n) is 19.5. The summed E-state index contributed by atoms with van der Waals surface area (Å²) in [7, 11) is 0. The molecule has 0 N–H and O–H groups in total. The lowest BCUT2D eigenvalue weighted by molar-refractivity contribution is 0.513. The number of benzene rings is 7. The molecule has 7 aromatic rings. The molecular formula is C56H46NO+. The fourth-order valence-corrected chi connectivity index (χ4v) is 6.95. The molecule has 2 heteroatoms. The quantitative estimate of drug-likeness (QED) is 0.0620. The average Bonchev–Trinajstić information content (AvgIpc) is 3.30. The van der Waals surface area contributed by atoms with Crippen molar-refractivity contribution in [2.45, 2.75) is 6.92 Å². The highest BCUT2D eigenvalue weighted by Gasteiger charge is 2.17. The van der Waals surface area contributed by atoms with Crippen LogP contribution in [0.5, 0.6) is 5.75 Å². The Morgan fingerprint density at radius 3 is 1.50 bits per heavy atom. The molecule has 0 saturated heterocycles. The predicted molar refractivity (Wildman–Crippen MR) is 250 cm³/mol. The largest absolute Gasteiger partial charge is 0.456 e. The zero-order valence-electron chi connectivity index (χ0n) is 32.8. The van der Waals surface area contributed by atoms with Crippen LogP contribution in [-0.2, 0) is 0 Å². The molecule has 8 rings (SSSR count). The Morgan fingerprint density at radius 1 is 0.517 bits per heavy atom. The Kier molecular flexibility index (Phi) is 12.6. The van der Waals surface area contributed by atoms with Gasteiger partial charge in [0.25, 0.3) is 0 Å². The molecule has 7 aromatic carbocycles. The molecule has 0 bridgehead atoms. The maximum Gasteiger partial charge on any atom is 0.211 e. The van der Waals surface area contributed by atoms with Crippen LogP contribution >= 0.6 is 0 Å². The maximum atomic E-state index is 6.47. The minimum absolute atomic E-state index is 0.778. The van der Waals surface area contributed by atoms with Crippen LogP contribution in [0, 0.1) is 0 Å². The van der Waals surface area contributed by atoms with Crippen molar-refractivity contribution in [3.8, 4) is 39.1 Å². The Balaban J connectivity index is 0.00000252. The number of para-hydroxylation sites is 1. The third-order valence-electron chi connectivity index (χ3n) is 9.97. The van der Waals surface area contributed by atoms with Gasteiger partial charge in [-0.25, -0.2) is 0 Å². The summed E-state index contributed by atoms with van der Waals surface area (Å²) < 4.78 is 8.70. The van der Waals surface area contributed by atoms with Gasteiger partial charge >= 0.3 is 0 Å². The van der Waals surface area contributed by atoms with Gasteiger partial charge in [0, 0.05) is 41.5 Å². The fraction of sp³-hybridized carbons (Fsp3) is 0.0179. The van der Waals surface area contributed by atoms with Crippen molar-refractivity contribution in [3.63, 3.8) is 0 Å². The van der Waals surface area contributed by atoms with Crippen molar-refractivity contribution in [1.82, 2.24) is 4.58 Å². The van der Waals surface area contributed by atoms with E-state index >= 15 is 0 Å². The van der Waals surface area contributed by atoms with Crippen molar-refractivity contribution >= 4 is 34.5 Å². The zero-order chi connectivity index (χ0) is 40.1. The van der Waals surface area contributed by atoms with E-state index in [9.17, 15) is 0 Å². The molecule has 0 radical (unpaired) electrons. The fourth-order valence-electron chi connectivity index (χ4n) is 6.95. The second-order valence-corrected chi connectivity index (χ2v) is 13.6. The van der Waals surface area contributed by atoms with E-state index in [1.807, 2.05) is 54.6 Å². The molecule has 0 atom stereocenters. The highest BCUT2D eigenvalue weighted by atomic mass is 16.5. The van der Waals surface area contributed by atoms with E-state index in [0.29, 0.717) is 0 Å². The molecule has 0 fully saturated rings. The van der Waals surface area contributed by atoms with Gasteiger partial charge in [-0.2, -0.15) is 4.58 Å². The Morgan fingerprint density at radius 2 is 0.966 bits per heavy atom. The van der Waals surface area contributed by atoms with Gasteiger partial charge in [0.2, 0.25) is 11.4 Å². The van der Waals surface area contributed by atoms with Crippen LogP contribution in [0.3, 0.4) is 0 Å². The van der Waals surface area contributed by atoms with E-state index in [1.54, 1.807) is 0 Å². The maximum absolute atomic E-state index is 6.47. The molecule has 0 aliphatic carbocycles.